The molecule has 1 aromatic rings. The third-order valence-electron chi connectivity index (χ3n) is 2.49. The van der Waals surface area contributed by atoms with Gasteiger partial charge in [0.25, 0.3) is 0 Å². The second-order valence-electron chi connectivity index (χ2n) is 4.20. The Hall–Kier alpha value is -1.80. The van der Waals surface area contributed by atoms with E-state index in [4.69, 9.17) is 17.3 Å². The average molecular weight is 335 g/mol. The van der Waals surface area contributed by atoms with E-state index in [1.165, 1.54) is 12.1 Å². The maximum Gasteiger partial charge on any atom is 0.320 e. The lowest BCUT2D eigenvalue weighted by atomic mass is 10.2. The number of hydrogen-bond donors (Lipinski definition) is 2. The third kappa shape index (κ3) is 6.01. The maximum atomic E-state index is 11.7. The summed E-state index contributed by atoms with van der Waals surface area (Å²) in [5, 5.41) is 2.85. The van der Waals surface area contributed by atoms with Crippen molar-refractivity contribution in [3.63, 3.8) is 0 Å². The molecule has 116 valence electrons. The minimum atomic E-state index is -3.69. The van der Waals surface area contributed by atoms with Crippen molar-refractivity contribution in [2.24, 2.45) is 0 Å². The van der Waals surface area contributed by atoms with Crippen molar-refractivity contribution in [3.05, 3.63) is 23.2 Å². The van der Waals surface area contributed by atoms with Crippen molar-refractivity contribution in [1.82, 2.24) is 0 Å². The molecule has 1 rings (SSSR count). The molecular formula is C12H15ClN2O5S. The van der Waals surface area contributed by atoms with Crippen LogP contribution in [-0.4, -0.2) is 38.9 Å². The summed E-state index contributed by atoms with van der Waals surface area (Å²) in [5.74, 6) is -2.63. The van der Waals surface area contributed by atoms with Gasteiger partial charge in [-0.25, -0.2) is 8.42 Å². The summed E-state index contributed by atoms with van der Waals surface area (Å²) in [6, 6.07) is 4.54. The van der Waals surface area contributed by atoms with Crippen LogP contribution in [-0.2, 0) is 24.2 Å². The Morgan fingerprint density at radius 2 is 2.05 bits per heavy atom. The molecule has 1 amide bonds. The van der Waals surface area contributed by atoms with Gasteiger partial charge < -0.3 is 15.8 Å². The number of carbonyl (C=O) groups is 2. The SMILES string of the molecule is COC(=O)CS(=O)(=O)CCC(=O)Nc1cc(Cl)ccc1N. The molecule has 0 heterocycles. The van der Waals surface area contributed by atoms with Crippen molar-refractivity contribution < 1.29 is 22.7 Å². The standard InChI is InChI=1S/C12H15ClN2O5S/c1-20-12(17)7-21(18,19)5-4-11(16)15-10-6-8(13)2-3-9(10)14/h2-3,6H,4-5,7,14H2,1H3,(H,15,16). The number of sulfone groups is 1. The van der Waals surface area contributed by atoms with E-state index in [-0.39, 0.29) is 6.42 Å². The molecular weight excluding hydrogens is 320 g/mol. The van der Waals surface area contributed by atoms with Gasteiger partial charge in [0, 0.05) is 11.4 Å². The fraction of sp³-hybridized carbons (Fsp3) is 0.333. The van der Waals surface area contributed by atoms with Gasteiger partial charge in [0.15, 0.2) is 9.84 Å². The molecule has 0 atom stereocenters. The number of nitrogens with one attached hydrogen (secondary N) is 1. The number of benzene rings is 1. The zero-order valence-corrected chi connectivity index (χ0v) is 12.8. The topological polar surface area (TPSA) is 116 Å². The molecule has 0 bridgehead atoms. The van der Waals surface area contributed by atoms with Crippen LogP contribution in [0, 0.1) is 0 Å². The molecule has 7 nitrogen and oxygen atoms in total. The second-order valence-corrected chi connectivity index (χ2v) is 6.82. The lowest BCUT2D eigenvalue weighted by molar-refractivity contribution is -0.137. The van der Waals surface area contributed by atoms with Crippen LogP contribution in [0.15, 0.2) is 18.2 Å². The molecule has 0 aliphatic carbocycles. The van der Waals surface area contributed by atoms with Crippen LogP contribution in [0.5, 0.6) is 0 Å². The van der Waals surface area contributed by atoms with E-state index in [1.807, 2.05) is 0 Å². The number of rotatable bonds is 6. The Morgan fingerprint density at radius 3 is 2.67 bits per heavy atom. The highest BCUT2D eigenvalue weighted by Crippen LogP contribution is 2.22. The number of nitrogen functional groups attached to an aromatic ring is 1. The van der Waals surface area contributed by atoms with E-state index in [0.29, 0.717) is 16.4 Å². The first kappa shape index (κ1) is 17.3. The van der Waals surface area contributed by atoms with Crippen LogP contribution >= 0.6 is 11.6 Å². The average Bonchev–Trinajstić information content (AvgIpc) is 2.40. The van der Waals surface area contributed by atoms with Crippen molar-refractivity contribution in [1.29, 1.82) is 0 Å². The molecule has 21 heavy (non-hydrogen) atoms. The number of ether oxygens (including phenoxy) is 1. The summed E-state index contributed by atoms with van der Waals surface area (Å²) in [6.07, 6.45) is -0.300. The summed E-state index contributed by atoms with van der Waals surface area (Å²) in [5.41, 5.74) is 6.26. The Kier molecular flexibility index (Phi) is 5.98. The van der Waals surface area contributed by atoms with E-state index >= 15 is 0 Å². The smallest absolute Gasteiger partial charge is 0.320 e. The zero-order valence-electron chi connectivity index (χ0n) is 11.3. The molecule has 0 aliphatic heterocycles. The number of carbonyl (C=O) groups excluding carboxylic acids is 2. The Bertz CT molecular complexity index is 645. The van der Waals surface area contributed by atoms with Gasteiger partial charge in [-0.05, 0) is 18.2 Å². The van der Waals surface area contributed by atoms with Crippen molar-refractivity contribution in [2.75, 3.05) is 29.7 Å². The van der Waals surface area contributed by atoms with Gasteiger partial charge in [0.05, 0.1) is 24.2 Å². The van der Waals surface area contributed by atoms with Crippen molar-refractivity contribution in [2.45, 2.75) is 6.42 Å². The molecule has 1 aromatic carbocycles. The van der Waals surface area contributed by atoms with Crippen LogP contribution < -0.4 is 11.1 Å². The predicted octanol–water partition coefficient (Wildman–Crippen LogP) is 0.839. The molecule has 0 saturated carbocycles. The molecule has 0 radical (unpaired) electrons. The number of esters is 1. The first-order chi connectivity index (χ1) is 9.73. The molecule has 0 saturated heterocycles. The third-order valence-corrected chi connectivity index (χ3v) is 4.23. The van der Waals surface area contributed by atoms with Gasteiger partial charge >= 0.3 is 5.97 Å². The number of halogens is 1. The fourth-order valence-electron chi connectivity index (χ4n) is 1.41. The van der Waals surface area contributed by atoms with Crippen molar-refractivity contribution in [3.8, 4) is 0 Å². The highest BCUT2D eigenvalue weighted by Gasteiger charge is 2.19. The van der Waals surface area contributed by atoms with Crippen molar-refractivity contribution >= 4 is 44.7 Å². The summed E-state index contributed by atoms with van der Waals surface area (Å²) in [4.78, 5) is 22.6. The zero-order chi connectivity index (χ0) is 16.0. The molecule has 0 aliphatic rings. The Balaban J connectivity index is 2.58. The largest absolute Gasteiger partial charge is 0.468 e. The Morgan fingerprint density at radius 1 is 1.38 bits per heavy atom. The molecule has 0 fully saturated rings. The minimum Gasteiger partial charge on any atom is -0.468 e. The van der Waals surface area contributed by atoms with Gasteiger partial charge in [0.1, 0.15) is 5.75 Å². The van der Waals surface area contributed by atoms with E-state index < -0.39 is 33.2 Å². The normalized spacial score (nSPS) is 11.0. The lowest BCUT2D eigenvalue weighted by Gasteiger charge is -2.08. The van der Waals surface area contributed by atoms with Crippen LogP contribution in [0.3, 0.4) is 0 Å². The van der Waals surface area contributed by atoms with E-state index in [9.17, 15) is 18.0 Å². The van der Waals surface area contributed by atoms with Gasteiger partial charge in [-0.2, -0.15) is 0 Å². The van der Waals surface area contributed by atoms with E-state index in [0.717, 1.165) is 7.11 Å². The highest BCUT2D eigenvalue weighted by molar-refractivity contribution is 7.92. The Labute approximate surface area is 127 Å². The van der Waals surface area contributed by atoms with Crippen LogP contribution in [0.1, 0.15) is 6.42 Å². The first-order valence-corrected chi connectivity index (χ1v) is 8.05. The number of amides is 1. The molecule has 0 aromatic heterocycles. The van der Waals surface area contributed by atoms with Gasteiger partial charge in [0.2, 0.25) is 5.91 Å². The van der Waals surface area contributed by atoms with Crippen LogP contribution in [0.2, 0.25) is 5.02 Å². The molecule has 0 unspecified atom stereocenters. The molecule has 9 heteroatoms. The van der Waals surface area contributed by atoms with Gasteiger partial charge in [-0.15, -0.1) is 0 Å². The highest BCUT2D eigenvalue weighted by atomic mass is 35.5. The quantitative estimate of drug-likeness (QED) is 0.588. The van der Waals surface area contributed by atoms with Crippen LogP contribution in [0.25, 0.3) is 0 Å². The number of hydrogen-bond acceptors (Lipinski definition) is 6. The second kappa shape index (κ2) is 7.28. The summed E-state index contributed by atoms with van der Waals surface area (Å²) in [7, 11) is -2.60. The predicted molar refractivity (Wildman–Crippen MR) is 79.8 cm³/mol. The number of anilines is 2. The lowest BCUT2D eigenvalue weighted by Crippen LogP contribution is -2.23. The maximum absolute atomic E-state index is 11.7. The fourth-order valence-corrected chi connectivity index (χ4v) is 2.70. The summed E-state index contributed by atoms with van der Waals surface area (Å²) >= 11 is 5.77. The van der Waals surface area contributed by atoms with Crippen LogP contribution in [0.4, 0.5) is 11.4 Å². The van der Waals surface area contributed by atoms with Gasteiger partial charge in [-0.1, -0.05) is 11.6 Å². The van der Waals surface area contributed by atoms with Gasteiger partial charge in [-0.3, -0.25) is 9.59 Å². The minimum absolute atomic E-state index is 0.300. The van der Waals surface area contributed by atoms with E-state index in [2.05, 4.69) is 10.1 Å². The molecule has 3 N–H and O–H groups in total. The number of nitrogens with two attached hydrogens (primary N) is 1. The number of methoxy groups -OCH3 is 1. The monoisotopic (exact) mass is 334 g/mol. The summed E-state index contributed by atoms with van der Waals surface area (Å²) in [6.45, 7) is 0. The summed E-state index contributed by atoms with van der Waals surface area (Å²) < 4.78 is 27.4. The first-order valence-electron chi connectivity index (χ1n) is 5.85. The van der Waals surface area contributed by atoms with E-state index in [1.54, 1.807) is 6.07 Å². The molecule has 0 spiro atoms.